The summed E-state index contributed by atoms with van der Waals surface area (Å²) in [5.74, 6) is 2.07. The van der Waals surface area contributed by atoms with Gasteiger partial charge in [-0.2, -0.15) is 4.98 Å². The second-order valence-corrected chi connectivity index (χ2v) is 8.26. The van der Waals surface area contributed by atoms with Crippen LogP contribution >= 0.6 is 11.6 Å². The Morgan fingerprint density at radius 3 is 3.00 bits per heavy atom. The molecule has 2 aromatic rings. The van der Waals surface area contributed by atoms with Crippen LogP contribution in [0, 0.1) is 5.92 Å². The van der Waals surface area contributed by atoms with Gasteiger partial charge in [-0.25, -0.2) is 4.98 Å². The minimum Gasteiger partial charge on any atom is -0.341 e. The number of carbonyl (C=O) groups is 1. The second-order valence-electron chi connectivity index (χ2n) is 7.85. The molecule has 2 aliphatic heterocycles. The number of amides is 1. The zero-order valence-corrected chi connectivity index (χ0v) is 17.7. The Bertz CT molecular complexity index is 905. The molecule has 0 aliphatic carbocycles. The van der Waals surface area contributed by atoms with Gasteiger partial charge in [-0.3, -0.25) is 4.79 Å². The molecule has 2 N–H and O–H groups in total. The summed E-state index contributed by atoms with van der Waals surface area (Å²) in [5.41, 5.74) is 2.87. The second kappa shape index (κ2) is 8.55. The van der Waals surface area contributed by atoms with Crippen molar-refractivity contribution in [3.05, 3.63) is 35.0 Å². The summed E-state index contributed by atoms with van der Waals surface area (Å²) in [6.45, 7) is 5.62. The maximum atomic E-state index is 12.3. The molecular weight excluding hydrogens is 388 g/mol. The smallest absolute Gasteiger partial charge is 0.231 e. The predicted octanol–water partition coefficient (Wildman–Crippen LogP) is 3.22. The van der Waals surface area contributed by atoms with Gasteiger partial charge in [0.15, 0.2) is 5.82 Å². The number of carbonyl (C=O) groups excluding carboxylic acids is 1. The fourth-order valence-electron chi connectivity index (χ4n) is 4.04. The molecule has 0 bridgehead atoms. The highest BCUT2D eigenvalue weighted by Gasteiger charge is 2.27. The van der Waals surface area contributed by atoms with Crippen LogP contribution in [0.1, 0.15) is 25.3 Å². The minimum atomic E-state index is 0.133. The van der Waals surface area contributed by atoms with E-state index >= 15 is 0 Å². The first-order valence-corrected chi connectivity index (χ1v) is 10.6. The number of aromatic nitrogens is 2. The third-order valence-electron chi connectivity index (χ3n) is 5.53. The average molecular weight is 415 g/mol. The summed E-state index contributed by atoms with van der Waals surface area (Å²) in [4.78, 5) is 25.5. The molecule has 1 amide bonds. The van der Waals surface area contributed by atoms with Crippen molar-refractivity contribution >= 4 is 40.6 Å². The Kier molecular flexibility index (Phi) is 5.87. The minimum absolute atomic E-state index is 0.133. The number of fused-ring (bicyclic) bond motifs is 1. The molecule has 4 rings (SSSR count). The Balaban J connectivity index is 1.53. The largest absolute Gasteiger partial charge is 0.341 e. The lowest BCUT2D eigenvalue weighted by atomic mass is 10.0. The van der Waals surface area contributed by atoms with Crippen LogP contribution in [0.3, 0.4) is 0 Å². The van der Waals surface area contributed by atoms with Crippen LogP contribution in [0.2, 0.25) is 5.02 Å². The summed E-state index contributed by atoms with van der Waals surface area (Å²) in [5, 5.41) is 6.88. The standard InChI is InChI=1S/C21H27ClN6O/c1-14-4-3-8-27(13-14)21-24-12-17(22)20(26-21)25-16-5-6-18-15(10-16)11-19(29)28(18)9-7-23-2/h5-6,10,12,14,23H,3-4,7-9,11,13H2,1-2H3,(H,24,25,26). The van der Waals surface area contributed by atoms with Crippen molar-refractivity contribution in [1.82, 2.24) is 15.3 Å². The normalized spacial score (nSPS) is 18.9. The van der Waals surface area contributed by atoms with Gasteiger partial charge in [0.2, 0.25) is 11.9 Å². The monoisotopic (exact) mass is 414 g/mol. The predicted molar refractivity (Wildman–Crippen MR) is 117 cm³/mol. The number of rotatable bonds is 6. The molecule has 7 nitrogen and oxygen atoms in total. The number of anilines is 4. The van der Waals surface area contributed by atoms with E-state index in [1.807, 2.05) is 30.1 Å². The highest BCUT2D eigenvalue weighted by molar-refractivity contribution is 6.32. The molecule has 154 valence electrons. The van der Waals surface area contributed by atoms with Gasteiger partial charge in [-0.15, -0.1) is 0 Å². The Labute approximate surface area is 176 Å². The number of hydrogen-bond donors (Lipinski definition) is 2. The van der Waals surface area contributed by atoms with Crippen molar-refractivity contribution in [3.8, 4) is 0 Å². The van der Waals surface area contributed by atoms with Gasteiger partial charge in [-0.1, -0.05) is 18.5 Å². The van der Waals surface area contributed by atoms with Crippen LogP contribution in [0.25, 0.3) is 0 Å². The molecule has 8 heteroatoms. The topological polar surface area (TPSA) is 73.4 Å². The molecule has 1 aromatic carbocycles. The molecule has 0 spiro atoms. The van der Waals surface area contributed by atoms with Crippen LogP contribution in [0.15, 0.2) is 24.4 Å². The van der Waals surface area contributed by atoms with Gasteiger partial charge >= 0.3 is 0 Å². The molecule has 2 aliphatic rings. The van der Waals surface area contributed by atoms with Gasteiger partial charge in [0, 0.05) is 37.6 Å². The van der Waals surface area contributed by atoms with Crippen LogP contribution < -0.4 is 20.4 Å². The first-order chi connectivity index (χ1) is 14.0. The van der Waals surface area contributed by atoms with Crippen molar-refractivity contribution in [2.24, 2.45) is 5.92 Å². The number of nitrogens with zero attached hydrogens (tertiary/aromatic N) is 4. The molecule has 29 heavy (non-hydrogen) atoms. The molecule has 0 radical (unpaired) electrons. The van der Waals surface area contributed by atoms with E-state index in [0.29, 0.717) is 35.7 Å². The van der Waals surface area contributed by atoms with Crippen LogP contribution in [-0.2, 0) is 11.2 Å². The fourth-order valence-corrected chi connectivity index (χ4v) is 4.17. The molecule has 1 unspecified atom stereocenters. The maximum absolute atomic E-state index is 12.3. The fraction of sp³-hybridized carbons (Fsp3) is 0.476. The molecule has 1 atom stereocenters. The average Bonchev–Trinajstić information content (AvgIpc) is 3.02. The van der Waals surface area contributed by atoms with E-state index in [0.717, 1.165) is 43.0 Å². The highest BCUT2D eigenvalue weighted by Crippen LogP contribution is 2.33. The number of hydrogen-bond acceptors (Lipinski definition) is 6. The summed E-state index contributed by atoms with van der Waals surface area (Å²) >= 11 is 6.36. The van der Waals surface area contributed by atoms with Crippen molar-refractivity contribution < 1.29 is 4.79 Å². The van der Waals surface area contributed by atoms with E-state index in [1.54, 1.807) is 6.20 Å². The third kappa shape index (κ3) is 4.31. The number of halogens is 1. The number of benzene rings is 1. The van der Waals surface area contributed by atoms with Crippen molar-refractivity contribution in [1.29, 1.82) is 0 Å². The molecule has 1 aromatic heterocycles. The van der Waals surface area contributed by atoms with E-state index in [-0.39, 0.29) is 5.91 Å². The van der Waals surface area contributed by atoms with Gasteiger partial charge in [0.05, 0.1) is 12.6 Å². The number of nitrogens with one attached hydrogen (secondary N) is 2. The number of piperidine rings is 1. The maximum Gasteiger partial charge on any atom is 0.231 e. The Morgan fingerprint density at radius 1 is 1.34 bits per heavy atom. The zero-order valence-electron chi connectivity index (χ0n) is 16.9. The first kappa shape index (κ1) is 19.9. The lowest BCUT2D eigenvalue weighted by molar-refractivity contribution is -0.117. The van der Waals surface area contributed by atoms with Crippen LogP contribution in [0.5, 0.6) is 0 Å². The van der Waals surface area contributed by atoms with Gasteiger partial charge in [-0.05, 0) is 49.6 Å². The number of likely N-dealkylation sites (N-methyl/N-ethyl adjacent to an activating group) is 1. The van der Waals surface area contributed by atoms with E-state index in [9.17, 15) is 4.79 Å². The lowest BCUT2D eigenvalue weighted by Gasteiger charge is -2.31. The molecule has 1 saturated heterocycles. The summed E-state index contributed by atoms with van der Waals surface area (Å²) < 4.78 is 0. The van der Waals surface area contributed by atoms with Gasteiger partial charge in [0.1, 0.15) is 5.02 Å². The zero-order chi connectivity index (χ0) is 20.4. The summed E-state index contributed by atoms with van der Waals surface area (Å²) in [7, 11) is 1.89. The van der Waals surface area contributed by atoms with Crippen LogP contribution in [0.4, 0.5) is 23.1 Å². The van der Waals surface area contributed by atoms with Crippen molar-refractivity contribution in [3.63, 3.8) is 0 Å². The Hall–Kier alpha value is -2.38. The van der Waals surface area contributed by atoms with E-state index in [2.05, 4.69) is 32.4 Å². The molecule has 1 fully saturated rings. The lowest BCUT2D eigenvalue weighted by Crippen LogP contribution is -2.35. The summed E-state index contributed by atoms with van der Waals surface area (Å²) in [6.07, 6.45) is 4.47. The van der Waals surface area contributed by atoms with Gasteiger partial charge in [0.25, 0.3) is 0 Å². The van der Waals surface area contributed by atoms with Crippen molar-refractivity contribution in [2.45, 2.75) is 26.2 Å². The quantitative estimate of drug-likeness (QED) is 0.756. The Morgan fingerprint density at radius 2 is 2.21 bits per heavy atom. The molecular formula is C21H27ClN6O. The summed E-state index contributed by atoms with van der Waals surface area (Å²) in [6, 6.07) is 5.96. The molecule has 3 heterocycles. The van der Waals surface area contributed by atoms with E-state index in [4.69, 9.17) is 11.6 Å². The van der Waals surface area contributed by atoms with Crippen molar-refractivity contribution in [2.75, 3.05) is 48.3 Å². The van der Waals surface area contributed by atoms with Crippen LogP contribution in [-0.4, -0.2) is 49.1 Å². The van der Waals surface area contributed by atoms with E-state index in [1.165, 1.54) is 6.42 Å². The third-order valence-corrected chi connectivity index (χ3v) is 5.81. The SMILES string of the molecule is CNCCN1C(=O)Cc2cc(Nc3nc(N4CCCC(C)C4)ncc3Cl)ccc21. The first-order valence-electron chi connectivity index (χ1n) is 10.2. The highest BCUT2D eigenvalue weighted by atomic mass is 35.5. The molecule has 0 saturated carbocycles. The van der Waals surface area contributed by atoms with E-state index < -0.39 is 0 Å². The van der Waals surface area contributed by atoms with Gasteiger partial charge < -0.3 is 20.4 Å².